The topological polar surface area (TPSA) is 100 Å². The molecule has 7 nitrogen and oxygen atoms in total. The summed E-state index contributed by atoms with van der Waals surface area (Å²) in [6, 6.07) is 0. The molecular formula is C12H20N2O5. The summed E-state index contributed by atoms with van der Waals surface area (Å²) in [4.78, 5) is 15.4. The smallest absolute Gasteiger partial charge is 0.286 e. The quantitative estimate of drug-likeness (QED) is 0.263. The fourth-order valence-corrected chi connectivity index (χ4v) is 1.68. The van der Waals surface area contributed by atoms with E-state index in [0.717, 1.165) is 6.40 Å². The lowest BCUT2D eigenvalue weighted by molar-refractivity contribution is -0.137. The number of rotatable bonds is 5. The Bertz CT molecular complexity index is 356. The molecule has 3 N–H and O–H groups in total. The average molecular weight is 272 g/mol. The van der Waals surface area contributed by atoms with Crippen molar-refractivity contribution in [3.63, 3.8) is 0 Å². The number of carbonyl (C=O) groups is 1. The molecule has 1 saturated heterocycles. The first kappa shape index (κ1) is 15.6. The Morgan fingerprint density at radius 2 is 2.32 bits per heavy atom. The number of aliphatic hydroxyl groups excluding tert-OH is 2. The van der Waals surface area contributed by atoms with Gasteiger partial charge in [0.2, 0.25) is 0 Å². The molecule has 108 valence electrons. The second-order valence-corrected chi connectivity index (χ2v) is 4.10. The highest BCUT2D eigenvalue weighted by Gasteiger charge is 2.31. The number of amides is 1. The highest BCUT2D eigenvalue weighted by Crippen LogP contribution is 2.14. The lowest BCUT2D eigenvalue weighted by Gasteiger charge is -2.32. The van der Waals surface area contributed by atoms with Gasteiger partial charge in [0.05, 0.1) is 6.10 Å². The van der Waals surface area contributed by atoms with Gasteiger partial charge in [0, 0.05) is 20.2 Å². The Hall–Kier alpha value is -1.44. The predicted octanol–water partition coefficient (Wildman–Crippen LogP) is -0.808. The Morgan fingerprint density at radius 1 is 1.58 bits per heavy atom. The summed E-state index contributed by atoms with van der Waals surface area (Å²) < 4.78 is 10.3. The fraction of sp³-hybridized carbons (Fsp3) is 0.667. The summed E-state index contributed by atoms with van der Waals surface area (Å²) >= 11 is 0. The van der Waals surface area contributed by atoms with Crippen LogP contribution in [0, 0.1) is 0 Å². The maximum absolute atomic E-state index is 11.7. The molecule has 1 amide bonds. The van der Waals surface area contributed by atoms with Crippen molar-refractivity contribution in [2.24, 2.45) is 4.99 Å². The van der Waals surface area contributed by atoms with Crippen LogP contribution in [0.1, 0.15) is 13.3 Å². The molecule has 1 fully saturated rings. The van der Waals surface area contributed by atoms with E-state index in [1.54, 1.807) is 6.92 Å². The van der Waals surface area contributed by atoms with Gasteiger partial charge in [-0.2, -0.15) is 0 Å². The first-order valence-corrected chi connectivity index (χ1v) is 6.09. The number of aliphatic hydroxyl groups is 2. The molecule has 0 radical (unpaired) electrons. The molecule has 0 saturated carbocycles. The molecule has 3 unspecified atom stereocenters. The third-order valence-electron chi connectivity index (χ3n) is 2.76. The average Bonchev–Trinajstić information content (AvgIpc) is 2.41. The van der Waals surface area contributed by atoms with Crippen molar-refractivity contribution in [3.8, 4) is 0 Å². The standard InChI is InChI=1S/C12H20N2O5/c1-3-9(19-7-13-2)12(17)14-6-10-11(16)8(15)4-5-18-10/h3,7-8,10-11,15-16H,4-6H2,1-2H3,(H,14,17)/b9-3-,13-7?. The van der Waals surface area contributed by atoms with Crippen LogP contribution in [-0.4, -0.2) is 61.0 Å². The van der Waals surface area contributed by atoms with Crippen LogP contribution < -0.4 is 5.32 Å². The van der Waals surface area contributed by atoms with Gasteiger partial charge in [0.25, 0.3) is 5.91 Å². The van der Waals surface area contributed by atoms with Gasteiger partial charge in [-0.05, 0) is 19.4 Å². The van der Waals surface area contributed by atoms with Crippen molar-refractivity contribution in [1.29, 1.82) is 0 Å². The third kappa shape index (κ3) is 4.62. The zero-order valence-corrected chi connectivity index (χ0v) is 11.1. The van der Waals surface area contributed by atoms with Gasteiger partial charge < -0.3 is 25.0 Å². The van der Waals surface area contributed by atoms with Crippen LogP contribution in [0.25, 0.3) is 0 Å². The second-order valence-electron chi connectivity index (χ2n) is 4.10. The molecule has 1 aliphatic rings. The minimum absolute atomic E-state index is 0.0982. The van der Waals surface area contributed by atoms with E-state index in [1.165, 1.54) is 13.1 Å². The van der Waals surface area contributed by atoms with Gasteiger partial charge >= 0.3 is 0 Å². The SMILES string of the molecule is C/C=C(\OC=NC)C(=O)NCC1OCCC(O)C1O. The number of hydrogen-bond acceptors (Lipinski definition) is 6. The molecule has 1 heterocycles. The Balaban J connectivity index is 2.44. The van der Waals surface area contributed by atoms with E-state index in [-0.39, 0.29) is 12.3 Å². The number of aliphatic imine (C=N–C) groups is 1. The van der Waals surface area contributed by atoms with Crippen LogP contribution in [0.3, 0.4) is 0 Å². The van der Waals surface area contributed by atoms with E-state index in [9.17, 15) is 15.0 Å². The summed E-state index contributed by atoms with van der Waals surface area (Å²) in [5.74, 6) is -0.324. The maximum atomic E-state index is 11.7. The van der Waals surface area contributed by atoms with Gasteiger partial charge in [-0.25, -0.2) is 0 Å². The second kappa shape index (κ2) is 7.88. The van der Waals surface area contributed by atoms with Crippen molar-refractivity contribution < 1.29 is 24.5 Å². The number of nitrogens with one attached hydrogen (secondary N) is 1. The van der Waals surface area contributed by atoms with Crippen LogP contribution in [0.5, 0.6) is 0 Å². The van der Waals surface area contributed by atoms with Gasteiger partial charge in [-0.1, -0.05) is 0 Å². The van der Waals surface area contributed by atoms with E-state index in [1.807, 2.05) is 0 Å². The molecule has 7 heteroatoms. The molecule has 1 aliphatic heterocycles. The van der Waals surface area contributed by atoms with E-state index >= 15 is 0 Å². The summed E-state index contributed by atoms with van der Waals surface area (Å²) in [6.45, 7) is 2.11. The number of hydrogen-bond donors (Lipinski definition) is 3. The fourth-order valence-electron chi connectivity index (χ4n) is 1.68. The van der Waals surface area contributed by atoms with E-state index in [0.29, 0.717) is 13.0 Å². The summed E-state index contributed by atoms with van der Waals surface area (Å²) in [5.41, 5.74) is 0. The summed E-state index contributed by atoms with van der Waals surface area (Å²) in [6.07, 6.45) is 0.614. The van der Waals surface area contributed by atoms with Gasteiger partial charge in [-0.15, -0.1) is 0 Å². The first-order chi connectivity index (χ1) is 9.10. The van der Waals surface area contributed by atoms with Crippen molar-refractivity contribution in [1.82, 2.24) is 5.32 Å². The lowest BCUT2D eigenvalue weighted by Crippen LogP contribution is -2.50. The summed E-state index contributed by atoms with van der Waals surface area (Å²) in [7, 11) is 1.53. The number of ether oxygens (including phenoxy) is 2. The molecule has 0 aromatic rings. The molecule has 19 heavy (non-hydrogen) atoms. The van der Waals surface area contributed by atoms with Crippen LogP contribution in [0.4, 0.5) is 0 Å². The zero-order valence-electron chi connectivity index (χ0n) is 11.1. The summed E-state index contributed by atoms with van der Waals surface area (Å²) in [5, 5.41) is 21.8. The molecule has 1 rings (SSSR count). The van der Waals surface area contributed by atoms with Crippen molar-refractivity contribution in [2.75, 3.05) is 20.2 Å². The van der Waals surface area contributed by atoms with Gasteiger partial charge in [-0.3, -0.25) is 9.79 Å². The largest absolute Gasteiger partial charge is 0.441 e. The highest BCUT2D eigenvalue weighted by atomic mass is 16.5. The van der Waals surface area contributed by atoms with Gasteiger partial charge in [0.15, 0.2) is 12.2 Å². The molecule has 0 bridgehead atoms. The normalized spacial score (nSPS) is 28.4. The number of allylic oxidation sites excluding steroid dienone is 1. The third-order valence-corrected chi connectivity index (χ3v) is 2.76. The molecule has 0 aromatic heterocycles. The molecule has 3 atom stereocenters. The van der Waals surface area contributed by atoms with E-state index in [4.69, 9.17) is 9.47 Å². The van der Waals surface area contributed by atoms with Crippen LogP contribution in [0.2, 0.25) is 0 Å². The number of nitrogens with zero attached hydrogens (tertiary/aromatic N) is 1. The molecular weight excluding hydrogens is 252 g/mol. The monoisotopic (exact) mass is 272 g/mol. The minimum atomic E-state index is -0.999. The van der Waals surface area contributed by atoms with Crippen LogP contribution in [0.15, 0.2) is 16.8 Å². The van der Waals surface area contributed by atoms with E-state index < -0.39 is 24.2 Å². The Kier molecular flexibility index (Phi) is 6.48. The Morgan fingerprint density at radius 3 is 2.95 bits per heavy atom. The van der Waals surface area contributed by atoms with Gasteiger partial charge in [0.1, 0.15) is 12.2 Å². The van der Waals surface area contributed by atoms with Crippen molar-refractivity contribution >= 4 is 12.3 Å². The van der Waals surface area contributed by atoms with Crippen LogP contribution >= 0.6 is 0 Å². The first-order valence-electron chi connectivity index (χ1n) is 6.09. The number of carbonyl (C=O) groups excluding carboxylic acids is 1. The predicted molar refractivity (Wildman–Crippen MR) is 68.6 cm³/mol. The molecule has 0 aliphatic carbocycles. The van der Waals surface area contributed by atoms with Crippen molar-refractivity contribution in [3.05, 3.63) is 11.8 Å². The molecule has 0 aromatic carbocycles. The molecule has 0 spiro atoms. The zero-order chi connectivity index (χ0) is 14.3. The van der Waals surface area contributed by atoms with E-state index in [2.05, 4.69) is 10.3 Å². The Labute approximate surface area is 111 Å². The van der Waals surface area contributed by atoms with Crippen LogP contribution in [-0.2, 0) is 14.3 Å². The minimum Gasteiger partial charge on any atom is -0.441 e. The van der Waals surface area contributed by atoms with Crippen molar-refractivity contribution in [2.45, 2.75) is 31.7 Å². The highest BCUT2D eigenvalue weighted by molar-refractivity contribution is 5.92. The lowest BCUT2D eigenvalue weighted by atomic mass is 10.0. The maximum Gasteiger partial charge on any atom is 0.286 e.